The van der Waals surface area contributed by atoms with E-state index in [0.29, 0.717) is 6.54 Å². The molecule has 3 heterocycles. The molecule has 28 heavy (non-hydrogen) atoms. The molecule has 1 atom stereocenters. The number of hydrogen-bond donors (Lipinski definition) is 0. The Balaban J connectivity index is 1.69. The highest BCUT2D eigenvalue weighted by Gasteiger charge is 2.54. The van der Waals surface area contributed by atoms with E-state index in [1.165, 1.54) is 5.39 Å². The first-order chi connectivity index (χ1) is 13.4. The van der Waals surface area contributed by atoms with Gasteiger partial charge in [-0.1, -0.05) is 36.4 Å². The Morgan fingerprint density at radius 1 is 1.07 bits per heavy atom. The summed E-state index contributed by atoms with van der Waals surface area (Å²) < 4.78 is 7.95. The minimum atomic E-state index is -0.547. The Hall–Kier alpha value is -3.08. The van der Waals surface area contributed by atoms with Crippen molar-refractivity contribution in [3.05, 3.63) is 66.4 Å². The van der Waals surface area contributed by atoms with Crippen molar-refractivity contribution in [3.8, 4) is 0 Å². The van der Waals surface area contributed by atoms with Crippen molar-refractivity contribution < 1.29 is 9.53 Å². The lowest BCUT2D eigenvalue weighted by Gasteiger charge is -2.31. The van der Waals surface area contributed by atoms with Crippen molar-refractivity contribution >= 4 is 28.5 Å². The van der Waals surface area contributed by atoms with Crippen molar-refractivity contribution in [1.82, 2.24) is 9.47 Å². The van der Waals surface area contributed by atoms with Gasteiger partial charge in [0.25, 0.3) is 0 Å². The highest BCUT2D eigenvalue weighted by Crippen LogP contribution is 2.49. The van der Waals surface area contributed by atoms with Crippen LogP contribution in [0, 0.1) is 0 Å². The lowest BCUT2D eigenvalue weighted by Crippen LogP contribution is -2.44. The zero-order valence-corrected chi connectivity index (χ0v) is 16.3. The maximum Gasteiger partial charge on any atom is 0.415 e. The summed E-state index contributed by atoms with van der Waals surface area (Å²) in [7, 11) is 0. The van der Waals surface area contributed by atoms with E-state index in [0.717, 1.165) is 29.0 Å². The van der Waals surface area contributed by atoms with Gasteiger partial charge in [-0.15, -0.1) is 0 Å². The van der Waals surface area contributed by atoms with Crippen molar-refractivity contribution in [1.29, 1.82) is 0 Å². The SMILES string of the molecule is CC(C)(C)OC(=O)N1CCC2(n3ccc4ccccc43)C1=Nc1ccccc12. The average molecular weight is 373 g/mol. The van der Waals surface area contributed by atoms with Crippen LogP contribution in [-0.4, -0.2) is 33.5 Å². The van der Waals surface area contributed by atoms with Crippen LogP contribution in [0.25, 0.3) is 10.9 Å². The molecule has 1 unspecified atom stereocenters. The fraction of sp³-hybridized carbons (Fsp3) is 0.304. The molecule has 2 aliphatic heterocycles. The second kappa shape index (κ2) is 5.71. The van der Waals surface area contributed by atoms with Crippen molar-refractivity contribution in [2.24, 2.45) is 4.99 Å². The molecular formula is C23H23N3O2. The molecule has 0 saturated carbocycles. The Bertz CT molecular complexity index is 1120. The van der Waals surface area contributed by atoms with Gasteiger partial charge in [0.1, 0.15) is 17.0 Å². The van der Waals surface area contributed by atoms with E-state index in [4.69, 9.17) is 9.73 Å². The van der Waals surface area contributed by atoms with Crippen molar-refractivity contribution in [3.63, 3.8) is 0 Å². The zero-order chi connectivity index (χ0) is 19.5. The van der Waals surface area contributed by atoms with E-state index >= 15 is 0 Å². The van der Waals surface area contributed by atoms with Gasteiger partial charge in [-0.2, -0.15) is 0 Å². The number of amides is 1. The number of ether oxygens (including phenoxy) is 1. The van der Waals surface area contributed by atoms with Gasteiger partial charge in [-0.05, 0) is 44.4 Å². The van der Waals surface area contributed by atoms with Crippen LogP contribution in [0.4, 0.5) is 10.5 Å². The molecular weight excluding hydrogens is 350 g/mol. The summed E-state index contributed by atoms with van der Waals surface area (Å²) in [5, 5.41) is 1.18. The van der Waals surface area contributed by atoms with Gasteiger partial charge >= 0.3 is 6.09 Å². The van der Waals surface area contributed by atoms with Crippen LogP contribution in [0.5, 0.6) is 0 Å². The van der Waals surface area contributed by atoms with Crippen molar-refractivity contribution in [2.45, 2.75) is 38.3 Å². The first-order valence-corrected chi connectivity index (χ1v) is 9.66. The Labute approximate surface area is 164 Å². The molecule has 1 aromatic heterocycles. The van der Waals surface area contributed by atoms with E-state index in [9.17, 15) is 4.79 Å². The summed E-state index contributed by atoms with van der Waals surface area (Å²) in [6, 6.07) is 18.6. The number of nitrogens with zero attached hydrogens (tertiary/aromatic N) is 3. The van der Waals surface area contributed by atoms with E-state index in [1.807, 2.05) is 51.1 Å². The van der Waals surface area contributed by atoms with Gasteiger partial charge in [0, 0.05) is 30.2 Å². The highest BCUT2D eigenvalue weighted by atomic mass is 16.6. The van der Waals surface area contributed by atoms with Crippen LogP contribution in [-0.2, 0) is 10.3 Å². The standard InChI is InChI=1S/C23H23N3O2/c1-22(2,3)28-21(27)25-15-13-23(17-9-5-6-10-18(17)24-20(23)25)26-14-12-16-8-4-7-11-19(16)26/h4-12,14H,13,15H2,1-3H3. The smallest absolute Gasteiger partial charge is 0.415 e. The number of carbonyl (C=O) groups excluding carboxylic acids is 1. The molecule has 0 bridgehead atoms. The molecule has 2 aliphatic rings. The molecule has 3 aromatic rings. The first-order valence-electron chi connectivity index (χ1n) is 9.66. The van der Waals surface area contributed by atoms with Gasteiger partial charge in [0.2, 0.25) is 0 Å². The topological polar surface area (TPSA) is 46.8 Å². The number of benzene rings is 2. The normalized spacial score (nSPS) is 20.8. The quantitative estimate of drug-likeness (QED) is 0.598. The molecule has 0 aliphatic carbocycles. The predicted molar refractivity (Wildman–Crippen MR) is 110 cm³/mol. The maximum atomic E-state index is 12.9. The third kappa shape index (κ3) is 2.32. The second-order valence-corrected chi connectivity index (χ2v) is 8.44. The van der Waals surface area contributed by atoms with Crippen LogP contribution >= 0.6 is 0 Å². The first kappa shape index (κ1) is 17.0. The molecule has 1 fully saturated rings. The third-order valence-electron chi connectivity index (χ3n) is 5.52. The van der Waals surface area contributed by atoms with Gasteiger partial charge in [0.15, 0.2) is 0 Å². The maximum absolute atomic E-state index is 12.9. The van der Waals surface area contributed by atoms with Gasteiger partial charge < -0.3 is 9.30 Å². The number of likely N-dealkylation sites (tertiary alicyclic amines) is 1. The van der Waals surface area contributed by atoms with Crippen LogP contribution in [0.2, 0.25) is 0 Å². The molecule has 5 heteroatoms. The van der Waals surface area contributed by atoms with Gasteiger partial charge in [-0.3, -0.25) is 4.90 Å². The molecule has 0 N–H and O–H groups in total. The molecule has 142 valence electrons. The van der Waals surface area contributed by atoms with Crippen LogP contribution < -0.4 is 0 Å². The van der Waals surface area contributed by atoms with E-state index in [-0.39, 0.29) is 6.09 Å². The number of aliphatic imine (C=N–C) groups is 1. The summed E-state index contributed by atoms with van der Waals surface area (Å²) in [6.07, 6.45) is 2.54. The molecule has 1 amide bonds. The van der Waals surface area contributed by atoms with Crippen molar-refractivity contribution in [2.75, 3.05) is 6.54 Å². The predicted octanol–water partition coefficient (Wildman–Crippen LogP) is 5.07. The number of aromatic nitrogens is 1. The monoisotopic (exact) mass is 373 g/mol. The van der Waals surface area contributed by atoms with Gasteiger partial charge in [-0.25, -0.2) is 9.79 Å². The number of hydrogen-bond acceptors (Lipinski definition) is 3. The fourth-order valence-electron chi connectivity index (χ4n) is 4.43. The lowest BCUT2D eigenvalue weighted by molar-refractivity contribution is 0.0383. The summed E-state index contributed by atoms with van der Waals surface area (Å²) >= 11 is 0. The zero-order valence-electron chi connectivity index (χ0n) is 16.3. The average Bonchev–Trinajstić information content (AvgIpc) is 3.30. The number of carbonyl (C=O) groups is 1. The van der Waals surface area contributed by atoms with E-state index in [2.05, 4.69) is 35.0 Å². The van der Waals surface area contributed by atoms with Crippen LogP contribution in [0.15, 0.2) is 65.8 Å². The minimum Gasteiger partial charge on any atom is -0.443 e. The Morgan fingerprint density at radius 3 is 2.64 bits per heavy atom. The molecule has 2 aromatic carbocycles. The molecule has 1 saturated heterocycles. The second-order valence-electron chi connectivity index (χ2n) is 8.44. The van der Waals surface area contributed by atoms with Crippen LogP contribution in [0.3, 0.4) is 0 Å². The largest absolute Gasteiger partial charge is 0.443 e. The number of fused-ring (bicyclic) bond motifs is 4. The van der Waals surface area contributed by atoms with Crippen LogP contribution in [0.1, 0.15) is 32.8 Å². The summed E-state index contributed by atoms with van der Waals surface area (Å²) in [6.45, 7) is 6.24. The Kier molecular flexibility index (Phi) is 3.48. The lowest BCUT2D eigenvalue weighted by atomic mass is 9.88. The van der Waals surface area contributed by atoms with E-state index < -0.39 is 11.1 Å². The minimum absolute atomic E-state index is 0.336. The number of para-hydroxylation sites is 2. The number of amidine groups is 1. The molecule has 0 radical (unpaired) electrons. The number of rotatable bonds is 1. The molecule has 5 rings (SSSR count). The summed E-state index contributed by atoms with van der Waals surface area (Å²) in [5.41, 5.74) is 2.16. The van der Waals surface area contributed by atoms with Gasteiger partial charge in [0.05, 0.1) is 5.69 Å². The molecule has 5 nitrogen and oxygen atoms in total. The summed E-state index contributed by atoms with van der Waals surface area (Å²) in [4.78, 5) is 19.6. The molecule has 0 spiro atoms. The fourth-order valence-corrected chi connectivity index (χ4v) is 4.43. The third-order valence-corrected chi connectivity index (χ3v) is 5.52. The summed E-state index contributed by atoms with van der Waals surface area (Å²) in [5.74, 6) is 0.754. The highest BCUT2D eigenvalue weighted by molar-refractivity contribution is 6.09. The van der Waals surface area contributed by atoms with E-state index in [1.54, 1.807) is 4.90 Å². The Morgan fingerprint density at radius 2 is 1.82 bits per heavy atom.